The lowest BCUT2D eigenvalue weighted by Crippen LogP contribution is -2.38. The number of ether oxygens (including phenoxy) is 1. The van der Waals surface area contributed by atoms with Gasteiger partial charge in [0, 0.05) is 68.5 Å². The molecule has 1 aromatic carbocycles. The van der Waals surface area contributed by atoms with Gasteiger partial charge in [0.05, 0.1) is 13.2 Å². The van der Waals surface area contributed by atoms with Crippen molar-refractivity contribution in [3.63, 3.8) is 0 Å². The highest BCUT2D eigenvalue weighted by Crippen LogP contribution is 2.29. The van der Waals surface area contributed by atoms with Gasteiger partial charge in [-0.25, -0.2) is 9.97 Å². The van der Waals surface area contributed by atoms with Crippen LogP contribution in [0.4, 0.5) is 11.6 Å². The number of β-amino-alcohol motifs (C(OH)–C–C–N with tert-alkyl or cyclic N) is 1. The highest BCUT2D eigenvalue weighted by molar-refractivity contribution is 5.87. The van der Waals surface area contributed by atoms with Crippen LogP contribution >= 0.6 is 0 Å². The number of methoxy groups -OCH3 is 1. The maximum atomic E-state index is 10.3. The predicted octanol–water partition coefficient (Wildman–Crippen LogP) is 1.76. The second kappa shape index (κ2) is 8.26. The van der Waals surface area contributed by atoms with Crippen LogP contribution in [0.25, 0.3) is 10.9 Å². The monoisotopic (exact) mass is 396 g/mol. The Hall–Kier alpha value is -2.84. The maximum absolute atomic E-state index is 10.3. The van der Waals surface area contributed by atoms with E-state index in [9.17, 15) is 5.11 Å². The number of benzene rings is 1. The summed E-state index contributed by atoms with van der Waals surface area (Å²) in [6.07, 6.45) is 3.86. The first kappa shape index (κ1) is 19.5. The Morgan fingerprint density at radius 1 is 1.31 bits per heavy atom. The molecule has 1 fully saturated rings. The molecular formula is C21H28N6O2. The van der Waals surface area contributed by atoms with Crippen LogP contribution in [0.1, 0.15) is 12.0 Å². The number of rotatable bonds is 7. The first-order valence-electron chi connectivity index (χ1n) is 9.84. The fourth-order valence-electron chi connectivity index (χ4n) is 4.01. The van der Waals surface area contributed by atoms with E-state index >= 15 is 0 Å². The summed E-state index contributed by atoms with van der Waals surface area (Å²) < 4.78 is 5.65. The van der Waals surface area contributed by atoms with Gasteiger partial charge in [0.2, 0.25) is 0 Å². The van der Waals surface area contributed by atoms with Crippen molar-refractivity contribution in [2.45, 2.75) is 25.1 Å². The summed E-state index contributed by atoms with van der Waals surface area (Å²) in [5, 5.41) is 14.9. The number of hydrogen-bond donors (Lipinski definition) is 3. The Morgan fingerprint density at radius 2 is 2.17 bits per heavy atom. The van der Waals surface area contributed by atoms with Crippen LogP contribution in [-0.4, -0.2) is 66.5 Å². The Morgan fingerprint density at radius 3 is 2.97 bits per heavy atom. The topological polar surface area (TPSA) is 89.5 Å². The Kier molecular flexibility index (Phi) is 5.55. The van der Waals surface area contributed by atoms with E-state index in [1.165, 1.54) is 0 Å². The van der Waals surface area contributed by atoms with Crippen LogP contribution in [0.2, 0.25) is 0 Å². The standard InChI is InChI=1S/C21H28N6O2/c1-26(2)19-9-20(25-13-24-19)27-12-16(28)8-15(27)11-22-10-14-4-5-18-17(6-7-23-18)21(14)29-3/h4-7,9,13,15-16,22-23,28H,8,10-12H2,1-3H3/t15-,16-/m1/s1. The minimum Gasteiger partial charge on any atom is -0.496 e. The molecule has 3 heterocycles. The van der Waals surface area contributed by atoms with Gasteiger partial charge >= 0.3 is 0 Å². The first-order valence-corrected chi connectivity index (χ1v) is 9.84. The van der Waals surface area contributed by atoms with Gasteiger partial charge in [-0.2, -0.15) is 0 Å². The largest absolute Gasteiger partial charge is 0.496 e. The molecule has 2 aromatic heterocycles. The quantitative estimate of drug-likeness (QED) is 0.561. The van der Waals surface area contributed by atoms with Gasteiger partial charge in [-0.3, -0.25) is 0 Å². The smallest absolute Gasteiger partial charge is 0.134 e. The summed E-state index contributed by atoms with van der Waals surface area (Å²) in [5.74, 6) is 2.59. The molecule has 1 saturated heterocycles. The normalized spacial score (nSPS) is 19.1. The van der Waals surface area contributed by atoms with Gasteiger partial charge in [0.15, 0.2) is 0 Å². The molecular weight excluding hydrogens is 368 g/mol. The number of aromatic nitrogens is 3. The van der Waals surface area contributed by atoms with E-state index in [0.717, 1.165) is 40.4 Å². The molecule has 1 aliphatic heterocycles. The van der Waals surface area contributed by atoms with Crippen molar-refractivity contribution in [3.8, 4) is 5.75 Å². The number of nitrogens with zero attached hydrogens (tertiary/aromatic N) is 4. The van der Waals surface area contributed by atoms with Gasteiger partial charge in [-0.15, -0.1) is 0 Å². The number of anilines is 2. The Bertz CT molecular complexity index is 973. The van der Waals surface area contributed by atoms with Crippen LogP contribution in [0.3, 0.4) is 0 Å². The second-order valence-corrected chi connectivity index (χ2v) is 7.65. The van der Waals surface area contributed by atoms with Gasteiger partial charge in [0.1, 0.15) is 23.7 Å². The molecule has 8 heteroatoms. The summed E-state index contributed by atoms with van der Waals surface area (Å²) in [6, 6.07) is 8.32. The lowest BCUT2D eigenvalue weighted by molar-refractivity contribution is 0.194. The third-order valence-electron chi connectivity index (χ3n) is 5.45. The predicted molar refractivity (Wildman–Crippen MR) is 115 cm³/mol. The average Bonchev–Trinajstić information content (AvgIpc) is 3.34. The molecule has 0 saturated carbocycles. The molecule has 3 N–H and O–H groups in total. The highest BCUT2D eigenvalue weighted by atomic mass is 16.5. The Labute approximate surface area is 170 Å². The molecule has 29 heavy (non-hydrogen) atoms. The molecule has 0 bridgehead atoms. The maximum Gasteiger partial charge on any atom is 0.134 e. The SMILES string of the molecule is COc1c(CNC[C@H]2C[C@@H](O)CN2c2cc(N(C)C)ncn2)ccc2[nH]ccc12. The van der Waals surface area contributed by atoms with Crippen LogP contribution < -0.4 is 19.9 Å². The van der Waals surface area contributed by atoms with Crippen molar-refractivity contribution >= 4 is 22.5 Å². The van der Waals surface area contributed by atoms with E-state index < -0.39 is 0 Å². The van der Waals surface area contributed by atoms with E-state index in [0.29, 0.717) is 19.5 Å². The first-order chi connectivity index (χ1) is 14.1. The van der Waals surface area contributed by atoms with Gasteiger partial charge < -0.3 is 29.9 Å². The van der Waals surface area contributed by atoms with Crippen molar-refractivity contribution in [3.05, 3.63) is 42.4 Å². The molecule has 8 nitrogen and oxygen atoms in total. The fourth-order valence-corrected chi connectivity index (χ4v) is 4.01. The zero-order valence-corrected chi connectivity index (χ0v) is 17.1. The molecule has 0 amide bonds. The third-order valence-corrected chi connectivity index (χ3v) is 5.45. The number of aliphatic hydroxyl groups is 1. The number of aliphatic hydroxyl groups excluding tert-OH is 1. The summed E-state index contributed by atoms with van der Waals surface area (Å²) in [7, 11) is 5.62. The number of H-pyrrole nitrogens is 1. The van der Waals surface area contributed by atoms with E-state index in [4.69, 9.17) is 4.74 Å². The molecule has 0 radical (unpaired) electrons. The average molecular weight is 396 g/mol. The zero-order valence-electron chi connectivity index (χ0n) is 17.1. The van der Waals surface area contributed by atoms with Crippen molar-refractivity contribution in [2.75, 3.05) is 44.1 Å². The van der Waals surface area contributed by atoms with Crippen LogP contribution in [0.15, 0.2) is 36.8 Å². The zero-order chi connectivity index (χ0) is 20.4. The number of aromatic amines is 1. The highest BCUT2D eigenvalue weighted by Gasteiger charge is 2.31. The van der Waals surface area contributed by atoms with E-state index in [2.05, 4.69) is 37.3 Å². The van der Waals surface area contributed by atoms with Crippen molar-refractivity contribution in [2.24, 2.45) is 0 Å². The summed E-state index contributed by atoms with van der Waals surface area (Å²) >= 11 is 0. The van der Waals surface area contributed by atoms with Gasteiger partial charge in [-0.05, 0) is 18.6 Å². The minimum atomic E-state index is -0.356. The molecule has 0 unspecified atom stereocenters. The van der Waals surface area contributed by atoms with Crippen molar-refractivity contribution in [1.29, 1.82) is 0 Å². The lowest BCUT2D eigenvalue weighted by Gasteiger charge is -2.26. The van der Waals surface area contributed by atoms with Gasteiger partial charge in [-0.1, -0.05) is 6.07 Å². The molecule has 1 aliphatic rings. The second-order valence-electron chi connectivity index (χ2n) is 7.65. The number of nitrogens with one attached hydrogen (secondary N) is 2. The molecule has 0 spiro atoms. The number of hydrogen-bond acceptors (Lipinski definition) is 7. The molecule has 3 aromatic rings. The minimum absolute atomic E-state index is 0.164. The van der Waals surface area contributed by atoms with E-state index in [1.807, 2.05) is 37.3 Å². The van der Waals surface area contributed by atoms with Crippen molar-refractivity contribution < 1.29 is 9.84 Å². The molecule has 154 valence electrons. The molecule has 2 atom stereocenters. The number of fused-ring (bicyclic) bond motifs is 1. The van der Waals surface area contributed by atoms with E-state index in [1.54, 1.807) is 13.4 Å². The third kappa shape index (κ3) is 3.99. The van der Waals surface area contributed by atoms with Crippen molar-refractivity contribution in [1.82, 2.24) is 20.3 Å². The molecule has 4 rings (SSSR count). The molecule has 0 aliphatic carbocycles. The lowest BCUT2D eigenvalue weighted by atomic mass is 10.1. The Balaban J connectivity index is 1.45. The van der Waals surface area contributed by atoms with Crippen LogP contribution in [0.5, 0.6) is 5.75 Å². The van der Waals surface area contributed by atoms with Crippen LogP contribution in [0, 0.1) is 0 Å². The summed E-state index contributed by atoms with van der Waals surface area (Å²) in [4.78, 5) is 16.1. The summed E-state index contributed by atoms with van der Waals surface area (Å²) in [5.41, 5.74) is 2.18. The summed E-state index contributed by atoms with van der Waals surface area (Å²) in [6.45, 7) is 2.01. The van der Waals surface area contributed by atoms with Gasteiger partial charge in [0.25, 0.3) is 0 Å². The van der Waals surface area contributed by atoms with E-state index in [-0.39, 0.29) is 12.1 Å². The van der Waals surface area contributed by atoms with Crippen LogP contribution in [-0.2, 0) is 6.54 Å². The fraction of sp³-hybridized carbons (Fsp3) is 0.429.